The minimum absolute atomic E-state index is 0.106. The molecule has 1 aliphatic heterocycles. The summed E-state index contributed by atoms with van der Waals surface area (Å²) in [5.41, 5.74) is 3.95. The molecule has 0 unspecified atom stereocenters. The van der Waals surface area contributed by atoms with Crippen LogP contribution in [0.4, 0.5) is 11.4 Å². The fourth-order valence-corrected chi connectivity index (χ4v) is 3.77. The Bertz CT molecular complexity index is 760. The first-order valence-electron chi connectivity index (χ1n) is 8.87. The number of carbonyl (C=O) groups excluding carboxylic acids is 1. The summed E-state index contributed by atoms with van der Waals surface area (Å²) in [5, 5.41) is 0. The lowest BCUT2D eigenvalue weighted by atomic mass is 9.94. The Kier molecular flexibility index (Phi) is 4.16. The molecule has 1 aliphatic carbocycles. The molecule has 122 valence electrons. The highest BCUT2D eigenvalue weighted by atomic mass is 16.2. The molecule has 1 amide bonds. The summed E-state index contributed by atoms with van der Waals surface area (Å²) < 4.78 is 0. The zero-order valence-corrected chi connectivity index (χ0v) is 13.8. The minimum atomic E-state index is 0.106. The van der Waals surface area contributed by atoms with Gasteiger partial charge in [0.1, 0.15) is 0 Å². The Morgan fingerprint density at radius 2 is 1.58 bits per heavy atom. The van der Waals surface area contributed by atoms with E-state index in [0.717, 1.165) is 35.5 Å². The standard InChI is InChI=1S/C21H22N2O/c24-21-15-19(22-16-9-3-1-4-10-16)18-13-7-8-14-20(18)23(21)17-11-5-2-6-12-17/h2,5-8,11-14,16H,1,3-4,9-10,15H2. The molecule has 0 radical (unpaired) electrons. The van der Waals surface area contributed by atoms with Crippen LogP contribution in [0.5, 0.6) is 0 Å². The van der Waals surface area contributed by atoms with E-state index in [4.69, 9.17) is 4.99 Å². The molecule has 3 heteroatoms. The van der Waals surface area contributed by atoms with Crippen LogP contribution < -0.4 is 4.90 Å². The number of carbonyl (C=O) groups is 1. The molecule has 0 saturated heterocycles. The normalized spacial score (nSPS) is 20.2. The SMILES string of the molecule is O=C1CC(=NC2CCCCC2)c2ccccc2N1c1ccccc1. The zero-order chi connectivity index (χ0) is 16.4. The van der Waals surface area contributed by atoms with Gasteiger partial charge in [-0.15, -0.1) is 0 Å². The van der Waals surface area contributed by atoms with Crippen molar-refractivity contribution in [2.24, 2.45) is 4.99 Å². The Labute approximate surface area is 143 Å². The van der Waals surface area contributed by atoms with Crippen molar-refractivity contribution in [3.05, 3.63) is 60.2 Å². The molecule has 0 atom stereocenters. The molecule has 1 fully saturated rings. The lowest BCUT2D eigenvalue weighted by molar-refractivity contribution is -0.116. The van der Waals surface area contributed by atoms with E-state index < -0.39 is 0 Å². The van der Waals surface area contributed by atoms with E-state index in [1.807, 2.05) is 53.4 Å². The number of amides is 1. The molecule has 0 N–H and O–H groups in total. The van der Waals surface area contributed by atoms with Crippen molar-refractivity contribution in [3.63, 3.8) is 0 Å². The summed E-state index contributed by atoms with van der Waals surface area (Å²) in [6, 6.07) is 18.4. The Morgan fingerprint density at radius 1 is 0.875 bits per heavy atom. The molecular formula is C21H22N2O. The van der Waals surface area contributed by atoms with E-state index >= 15 is 0 Å². The number of hydrogen-bond acceptors (Lipinski definition) is 2. The monoisotopic (exact) mass is 318 g/mol. The smallest absolute Gasteiger partial charge is 0.237 e. The van der Waals surface area contributed by atoms with E-state index in [-0.39, 0.29) is 5.91 Å². The van der Waals surface area contributed by atoms with Crippen LogP contribution in [0.15, 0.2) is 59.6 Å². The van der Waals surface area contributed by atoms with Gasteiger partial charge in [-0.2, -0.15) is 0 Å². The van der Waals surface area contributed by atoms with E-state index in [2.05, 4.69) is 6.07 Å². The maximum absolute atomic E-state index is 12.9. The van der Waals surface area contributed by atoms with Crippen LogP contribution in [0.1, 0.15) is 44.1 Å². The van der Waals surface area contributed by atoms with Gasteiger partial charge in [0.25, 0.3) is 0 Å². The van der Waals surface area contributed by atoms with E-state index in [1.165, 1.54) is 19.3 Å². The first kappa shape index (κ1) is 15.1. The molecule has 3 nitrogen and oxygen atoms in total. The van der Waals surface area contributed by atoms with Crippen molar-refractivity contribution in [2.75, 3.05) is 4.90 Å². The minimum Gasteiger partial charge on any atom is -0.285 e. The molecule has 2 aromatic rings. The first-order chi connectivity index (χ1) is 11.8. The zero-order valence-electron chi connectivity index (χ0n) is 13.8. The fourth-order valence-electron chi connectivity index (χ4n) is 3.77. The third-order valence-corrected chi connectivity index (χ3v) is 4.95. The van der Waals surface area contributed by atoms with Gasteiger partial charge in [-0.3, -0.25) is 14.7 Å². The number of rotatable bonds is 2. The van der Waals surface area contributed by atoms with Gasteiger partial charge in [-0.1, -0.05) is 55.7 Å². The van der Waals surface area contributed by atoms with Crippen LogP contribution in [0.25, 0.3) is 0 Å². The van der Waals surface area contributed by atoms with E-state index in [0.29, 0.717) is 12.5 Å². The number of hydrogen-bond donors (Lipinski definition) is 0. The second-order valence-electron chi connectivity index (χ2n) is 6.63. The quantitative estimate of drug-likeness (QED) is 0.777. The highest BCUT2D eigenvalue weighted by Gasteiger charge is 2.30. The van der Waals surface area contributed by atoms with Crippen molar-refractivity contribution < 1.29 is 4.79 Å². The predicted octanol–water partition coefficient (Wildman–Crippen LogP) is 4.88. The van der Waals surface area contributed by atoms with Gasteiger partial charge < -0.3 is 0 Å². The Morgan fingerprint density at radius 3 is 2.38 bits per heavy atom. The summed E-state index contributed by atoms with van der Waals surface area (Å²) in [4.78, 5) is 19.7. The molecule has 2 aliphatic rings. The molecule has 4 rings (SSSR count). The van der Waals surface area contributed by atoms with Crippen LogP contribution in [-0.2, 0) is 4.79 Å². The van der Waals surface area contributed by atoms with Crippen LogP contribution in [0, 0.1) is 0 Å². The van der Waals surface area contributed by atoms with Gasteiger partial charge in [0.05, 0.1) is 23.9 Å². The fraction of sp³-hybridized carbons (Fsp3) is 0.333. The second kappa shape index (κ2) is 6.60. The molecule has 1 saturated carbocycles. The number of aliphatic imine (C=N–C) groups is 1. The van der Waals surface area contributed by atoms with Crippen LogP contribution in [0.2, 0.25) is 0 Å². The lowest BCUT2D eigenvalue weighted by Crippen LogP contribution is -2.34. The van der Waals surface area contributed by atoms with Crippen LogP contribution >= 0.6 is 0 Å². The third-order valence-electron chi connectivity index (χ3n) is 4.95. The van der Waals surface area contributed by atoms with Gasteiger partial charge in [0, 0.05) is 11.3 Å². The predicted molar refractivity (Wildman–Crippen MR) is 98.1 cm³/mol. The first-order valence-corrected chi connectivity index (χ1v) is 8.87. The topological polar surface area (TPSA) is 32.7 Å². The highest BCUT2D eigenvalue weighted by Crippen LogP contribution is 2.35. The van der Waals surface area contributed by atoms with E-state index in [1.54, 1.807) is 0 Å². The molecule has 2 aromatic carbocycles. The Balaban J connectivity index is 1.75. The van der Waals surface area contributed by atoms with Gasteiger partial charge >= 0.3 is 0 Å². The number of benzene rings is 2. The third kappa shape index (κ3) is 2.86. The van der Waals surface area contributed by atoms with Gasteiger partial charge in [-0.05, 0) is 31.0 Å². The van der Waals surface area contributed by atoms with Gasteiger partial charge in [0.2, 0.25) is 5.91 Å². The molecule has 1 heterocycles. The number of nitrogens with zero attached hydrogens (tertiary/aromatic N) is 2. The number of anilines is 2. The lowest BCUT2D eigenvalue weighted by Gasteiger charge is -2.31. The van der Waals surface area contributed by atoms with Crippen molar-refractivity contribution in [1.82, 2.24) is 0 Å². The maximum atomic E-state index is 12.9. The molecule has 0 spiro atoms. The Hall–Kier alpha value is -2.42. The van der Waals surface area contributed by atoms with Crippen molar-refractivity contribution >= 4 is 23.0 Å². The molecule has 0 aromatic heterocycles. The van der Waals surface area contributed by atoms with Gasteiger partial charge in [0.15, 0.2) is 0 Å². The number of para-hydroxylation sites is 2. The van der Waals surface area contributed by atoms with Crippen molar-refractivity contribution in [1.29, 1.82) is 0 Å². The molecule has 24 heavy (non-hydrogen) atoms. The summed E-state index contributed by atoms with van der Waals surface area (Å²) in [7, 11) is 0. The van der Waals surface area contributed by atoms with Crippen LogP contribution in [-0.4, -0.2) is 17.7 Å². The average molecular weight is 318 g/mol. The maximum Gasteiger partial charge on any atom is 0.237 e. The number of fused-ring (bicyclic) bond motifs is 1. The highest BCUT2D eigenvalue weighted by molar-refractivity contribution is 6.23. The molecular weight excluding hydrogens is 296 g/mol. The summed E-state index contributed by atoms with van der Waals surface area (Å²) in [6.45, 7) is 0. The van der Waals surface area contributed by atoms with Crippen molar-refractivity contribution in [2.45, 2.75) is 44.6 Å². The van der Waals surface area contributed by atoms with Crippen LogP contribution in [0.3, 0.4) is 0 Å². The molecule has 0 bridgehead atoms. The summed E-state index contributed by atoms with van der Waals surface area (Å²) >= 11 is 0. The van der Waals surface area contributed by atoms with Crippen molar-refractivity contribution in [3.8, 4) is 0 Å². The van der Waals surface area contributed by atoms with Gasteiger partial charge in [-0.25, -0.2) is 0 Å². The summed E-state index contributed by atoms with van der Waals surface area (Å²) in [5.74, 6) is 0.106. The summed E-state index contributed by atoms with van der Waals surface area (Å²) in [6.07, 6.45) is 6.53. The largest absolute Gasteiger partial charge is 0.285 e. The second-order valence-corrected chi connectivity index (χ2v) is 6.63. The average Bonchev–Trinajstić information content (AvgIpc) is 2.63. The van der Waals surface area contributed by atoms with E-state index in [9.17, 15) is 4.79 Å².